The third-order valence-electron chi connectivity index (χ3n) is 7.26. The van der Waals surface area contributed by atoms with Crippen LogP contribution in [0.15, 0.2) is 97.1 Å². The first-order chi connectivity index (χ1) is 20.0. The van der Waals surface area contributed by atoms with E-state index in [1.54, 1.807) is 12.2 Å². The Morgan fingerprint density at radius 3 is 1.98 bits per heavy atom. The van der Waals surface area contributed by atoms with Crippen LogP contribution in [0, 0.1) is 10.1 Å². The number of nitro benzene ring substituents is 1. The molecule has 4 rings (SSSR count). The fraction of sp³-hybridized carbons (Fsp3) is 0.312. The second-order valence-electron chi connectivity index (χ2n) is 11.0. The van der Waals surface area contributed by atoms with E-state index in [4.69, 9.17) is 18.6 Å². The van der Waals surface area contributed by atoms with E-state index in [0.717, 1.165) is 10.4 Å². The first-order valence-corrected chi connectivity index (χ1v) is 15.6. The number of esters is 2. The molecule has 0 unspecified atom stereocenters. The molecule has 10 heteroatoms. The van der Waals surface area contributed by atoms with Gasteiger partial charge < -0.3 is 18.6 Å². The van der Waals surface area contributed by atoms with Crippen molar-refractivity contribution in [1.29, 1.82) is 0 Å². The van der Waals surface area contributed by atoms with Gasteiger partial charge in [-0.2, -0.15) is 0 Å². The number of non-ortho nitro benzene ring substituents is 1. The number of carbonyl (C=O) groups is 2. The number of benzene rings is 3. The van der Waals surface area contributed by atoms with Gasteiger partial charge >= 0.3 is 11.9 Å². The predicted molar refractivity (Wildman–Crippen MR) is 160 cm³/mol. The zero-order chi connectivity index (χ0) is 30.3. The molecule has 3 aromatic carbocycles. The SMILES string of the molecule is COC(=O)C[C@H]1C=C[C@@H](OC(=O)c2ccc([N+](=O)[O-])cc2)[C@H](CO[Si](c2ccccc2)(c2ccccc2)C(C)(C)C)O1. The van der Waals surface area contributed by atoms with Crippen molar-refractivity contribution in [2.24, 2.45) is 0 Å². The van der Waals surface area contributed by atoms with E-state index < -0.39 is 43.5 Å². The van der Waals surface area contributed by atoms with Crippen LogP contribution in [-0.2, 0) is 23.4 Å². The standard InChI is InChI=1S/C32H35NO8Si/c1-32(2,3)42(26-11-7-5-8-12-26,27-13-9-6-10-14-27)39-22-29-28(20-19-25(40-29)21-30(34)38-4)41-31(35)23-15-17-24(18-16-23)33(36)37/h5-20,25,28-29H,21-22H2,1-4H3/t25-,28-,29+/m1/s1. The largest absolute Gasteiger partial charge is 0.469 e. The topological polar surface area (TPSA) is 114 Å². The van der Waals surface area contributed by atoms with E-state index in [1.165, 1.54) is 31.4 Å². The van der Waals surface area contributed by atoms with Gasteiger partial charge in [0.2, 0.25) is 0 Å². The van der Waals surface area contributed by atoms with E-state index >= 15 is 0 Å². The van der Waals surface area contributed by atoms with Gasteiger partial charge in [0.25, 0.3) is 14.0 Å². The van der Waals surface area contributed by atoms with Crippen LogP contribution in [0.25, 0.3) is 0 Å². The zero-order valence-corrected chi connectivity index (χ0v) is 25.1. The lowest BCUT2D eigenvalue weighted by atomic mass is 10.1. The molecule has 3 aromatic rings. The van der Waals surface area contributed by atoms with Crippen molar-refractivity contribution in [2.45, 2.75) is 50.5 Å². The molecule has 42 heavy (non-hydrogen) atoms. The first kappa shape index (κ1) is 30.8. The predicted octanol–water partition coefficient (Wildman–Crippen LogP) is 4.58. The first-order valence-electron chi connectivity index (χ1n) is 13.7. The molecule has 0 saturated carbocycles. The highest BCUT2D eigenvalue weighted by Crippen LogP contribution is 2.37. The van der Waals surface area contributed by atoms with Crippen molar-refractivity contribution in [1.82, 2.24) is 0 Å². The summed E-state index contributed by atoms with van der Waals surface area (Å²) in [6, 6.07) is 25.4. The van der Waals surface area contributed by atoms with Crippen molar-refractivity contribution in [3.63, 3.8) is 0 Å². The van der Waals surface area contributed by atoms with Crippen LogP contribution in [0.4, 0.5) is 5.69 Å². The molecule has 1 heterocycles. The third-order valence-corrected chi connectivity index (χ3v) is 12.3. The molecule has 0 radical (unpaired) electrons. The summed E-state index contributed by atoms with van der Waals surface area (Å²) in [5.74, 6) is -1.09. The van der Waals surface area contributed by atoms with Gasteiger partial charge in [-0.15, -0.1) is 0 Å². The molecular formula is C32H35NO8Si. The van der Waals surface area contributed by atoms with Gasteiger partial charge in [-0.1, -0.05) is 87.5 Å². The average Bonchev–Trinajstić information content (AvgIpc) is 2.99. The molecule has 0 bridgehead atoms. The summed E-state index contributed by atoms with van der Waals surface area (Å²) >= 11 is 0. The van der Waals surface area contributed by atoms with E-state index in [2.05, 4.69) is 45.0 Å². The average molecular weight is 590 g/mol. The molecule has 0 saturated heterocycles. The Morgan fingerprint density at radius 2 is 1.48 bits per heavy atom. The molecule has 1 aliphatic rings. The highest BCUT2D eigenvalue weighted by molar-refractivity contribution is 6.99. The van der Waals surface area contributed by atoms with Gasteiger partial charge in [0.15, 0.2) is 0 Å². The fourth-order valence-corrected chi connectivity index (χ4v) is 9.77. The van der Waals surface area contributed by atoms with Crippen molar-refractivity contribution >= 4 is 36.3 Å². The minimum absolute atomic E-state index is 0.00820. The van der Waals surface area contributed by atoms with Gasteiger partial charge in [0, 0.05) is 12.1 Å². The number of hydrogen-bond donors (Lipinski definition) is 0. The summed E-state index contributed by atoms with van der Waals surface area (Å²) in [6.07, 6.45) is 1.18. The minimum Gasteiger partial charge on any atom is -0.469 e. The van der Waals surface area contributed by atoms with Crippen molar-refractivity contribution < 1.29 is 33.1 Å². The smallest absolute Gasteiger partial charge is 0.338 e. The molecule has 3 atom stereocenters. The van der Waals surface area contributed by atoms with Gasteiger partial charge in [-0.05, 0) is 33.6 Å². The number of methoxy groups -OCH3 is 1. The summed E-state index contributed by atoms with van der Waals surface area (Å²) in [6.45, 7) is 6.56. The molecule has 1 aliphatic heterocycles. The van der Waals surface area contributed by atoms with Gasteiger partial charge in [0.05, 0.1) is 36.7 Å². The molecular weight excluding hydrogens is 554 g/mol. The third kappa shape index (κ3) is 6.84. The molecule has 0 N–H and O–H groups in total. The molecule has 0 spiro atoms. The maximum Gasteiger partial charge on any atom is 0.338 e. The highest BCUT2D eigenvalue weighted by Gasteiger charge is 2.51. The Morgan fingerprint density at radius 1 is 0.905 bits per heavy atom. The number of ether oxygens (including phenoxy) is 3. The summed E-state index contributed by atoms with van der Waals surface area (Å²) in [7, 11) is -1.63. The second-order valence-corrected chi connectivity index (χ2v) is 15.3. The summed E-state index contributed by atoms with van der Waals surface area (Å²) < 4.78 is 24.0. The lowest BCUT2D eigenvalue weighted by Gasteiger charge is -2.44. The van der Waals surface area contributed by atoms with Crippen LogP contribution < -0.4 is 10.4 Å². The van der Waals surface area contributed by atoms with Crippen LogP contribution in [0.5, 0.6) is 0 Å². The maximum absolute atomic E-state index is 13.1. The van der Waals surface area contributed by atoms with Crippen LogP contribution >= 0.6 is 0 Å². The number of hydrogen-bond acceptors (Lipinski definition) is 8. The number of carbonyl (C=O) groups excluding carboxylic acids is 2. The Labute approximate surface area is 246 Å². The van der Waals surface area contributed by atoms with Crippen molar-refractivity contribution in [3.8, 4) is 0 Å². The minimum atomic E-state index is -2.94. The number of rotatable bonds is 10. The lowest BCUT2D eigenvalue weighted by molar-refractivity contribution is -0.384. The van der Waals surface area contributed by atoms with Crippen molar-refractivity contribution in [2.75, 3.05) is 13.7 Å². The molecule has 0 aromatic heterocycles. The Kier molecular flexibility index (Phi) is 9.72. The Bertz CT molecular complexity index is 1360. The molecule has 9 nitrogen and oxygen atoms in total. The van der Waals surface area contributed by atoms with Crippen LogP contribution in [0.2, 0.25) is 5.04 Å². The highest BCUT2D eigenvalue weighted by atomic mass is 28.4. The van der Waals surface area contributed by atoms with E-state index in [0.29, 0.717) is 0 Å². The molecule has 0 fully saturated rings. The van der Waals surface area contributed by atoms with Gasteiger partial charge in [-0.3, -0.25) is 14.9 Å². The Balaban J connectivity index is 1.66. The molecule has 0 amide bonds. The van der Waals surface area contributed by atoms with Crippen LogP contribution in [0.3, 0.4) is 0 Å². The monoisotopic (exact) mass is 589 g/mol. The number of nitrogens with zero attached hydrogens (tertiary/aromatic N) is 1. The summed E-state index contributed by atoms with van der Waals surface area (Å²) in [5.41, 5.74) is 0.0343. The second kappa shape index (κ2) is 13.2. The Hall–Kier alpha value is -4.12. The summed E-state index contributed by atoms with van der Waals surface area (Å²) in [5, 5.41) is 12.9. The van der Waals surface area contributed by atoms with Crippen LogP contribution in [0.1, 0.15) is 37.6 Å². The molecule has 220 valence electrons. The fourth-order valence-electron chi connectivity index (χ4n) is 5.20. The van der Waals surface area contributed by atoms with Crippen LogP contribution in [-0.4, -0.2) is 57.2 Å². The zero-order valence-electron chi connectivity index (χ0n) is 24.1. The lowest BCUT2D eigenvalue weighted by Crippen LogP contribution is -2.67. The van der Waals surface area contributed by atoms with E-state index in [1.807, 2.05) is 36.4 Å². The number of nitro groups is 1. The van der Waals surface area contributed by atoms with Gasteiger partial charge in [0.1, 0.15) is 12.2 Å². The van der Waals surface area contributed by atoms with E-state index in [9.17, 15) is 19.7 Å². The van der Waals surface area contributed by atoms with E-state index in [-0.39, 0.29) is 29.3 Å². The van der Waals surface area contributed by atoms with Gasteiger partial charge in [-0.25, -0.2) is 4.79 Å². The molecule has 0 aliphatic carbocycles. The van der Waals surface area contributed by atoms with Crippen molar-refractivity contribution in [3.05, 3.63) is 113 Å². The maximum atomic E-state index is 13.1. The normalized spacial score (nSPS) is 18.7. The quantitative estimate of drug-likeness (QED) is 0.111. The summed E-state index contributed by atoms with van der Waals surface area (Å²) in [4.78, 5) is 35.6.